The molecule has 0 aliphatic carbocycles. The van der Waals surface area contributed by atoms with Crippen molar-refractivity contribution in [1.29, 1.82) is 0 Å². The van der Waals surface area contributed by atoms with E-state index in [2.05, 4.69) is 120 Å². The van der Waals surface area contributed by atoms with Crippen LogP contribution >= 0.6 is 0 Å². The second kappa shape index (κ2) is 12.3. The van der Waals surface area contributed by atoms with Gasteiger partial charge in [0, 0.05) is 54.7 Å². The standard InChI is InChI=1S/C51H30N4O2/c1-3-13-31(14-4-1)33-25-27-36-41-30-34(26-28-44(41)57-46(36)29-33)55-42-22-9-7-17-35(42)37-19-11-21-40(48(37)55)51-53-49(32-15-5-2-6-16-32)52-50(54-51)39-20-12-24-45-47(39)38-18-8-10-23-43(38)56-45/h1-30H. The summed E-state index contributed by atoms with van der Waals surface area (Å²) in [5.41, 5.74) is 11.4. The summed E-state index contributed by atoms with van der Waals surface area (Å²) in [7, 11) is 0. The molecular formula is C51H30N4O2. The number of aromatic nitrogens is 4. The Morgan fingerprint density at radius 1 is 0.351 bits per heavy atom. The van der Waals surface area contributed by atoms with Gasteiger partial charge in [0.1, 0.15) is 22.3 Å². The van der Waals surface area contributed by atoms with Gasteiger partial charge in [0.15, 0.2) is 17.5 Å². The zero-order chi connectivity index (χ0) is 37.5. The van der Waals surface area contributed by atoms with Crippen molar-refractivity contribution in [2.75, 3.05) is 0 Å². The van der Waals surface area contributed by atoms with Crippen molar-refractivity contribution >= 4 is 65.7 Å². The van der Waals surface area contributed by atoms with E-state index >= 15 is 0 Å². The third-order valence-corrected chi connectivity index (χ3v) is 11.1. The Morgan fingerprint density at radius 3 is 1.84 bits per heavy atom. The van der Waals surface area contributed by atoms with Crippen LogP contribution in [0.4, 0.5) is 0 Å². The first-order valence-electron chi connectivity index (χ1n) is 19.0. The molecule has 0 N–H and O–H groups in total. The third kappa shape index (κ3) is 4.94. The number of hydrogen-bond acceptors (Lipinski definition) is 5. The Balaban J connectivity index is 1.11. The van der Waals surface area contributed by atoms with Crippen molar-refractivity contribution in [3.05, 3.63) is 182 Å². The predicted octanol–water partition coefficient (Wildman–Crippen LogP) is 13.4. The minimum atomic E-state index is 0.580. The number of furan rings is 2. The van der Waals surface area contributed by atoms with Crippen LogP contribution in [0, 0.1) is 0 Å². The average Bonchev–Trinajstić information content (AvgIpc) is 3.96. The first-order chi connectivity index (χ1) is 28.2. The molecule has 0 saturated carbocycles. The number of para-hydroxylation sites is 3. The Morgan fingerprint density at radius 2 is 0.982 bits per heavy atom. The molecule has 0 saturated heterocycles. The van der Waals surface area contributed by atoms with Gasteiger partial charge < -0.3 is 13.4 Å². The summed E-state index contributed by atoms with van der Waals surface area (Å²) in [5.74, 6) is 1.76. The molecule has 0 radical (unpaired) electrons. The fourth-order valence-corrected chi connectivity index (χ4v) is 8.48. The summed E-state index contributed by atoms with van der Waals surface area (Å²) in [6.45, 7) is 0. The third-order valence-electron chi connectivity index (χ3n) is 11.1. The van der Waals surface area contributed by atoms with Crippen LogP contribution in [-0.4, -0.2) is 19.5 Å². The van der Waals surface area contributed by atoms with Crippen molar-refractivity contribution in [3.8, 4) is 51.0 Å². The second-order valence-electron chi connectivity index (χ2n) is 14.4. The van der Waals surface area contributed by atoms with Crippen molar-refractivity contribution < 1.29 is 8.83 Å². The molecule has 57 heavy (non-hydrogen) atoms. The zero-order valence-electron chi connectivity index (χ0n) is 30.4. The Labute approximate surface area is 325 Å². The van der Waals surface area contributed by atoms with E-state index in [1.54, 1.807) is 0 Å². The molecule has 0 unspecified atom stereocenters. The summed E-state index contributed by atoms with van der Waals surface area (Å²) in [4.78, 5) is 15.7. The Kier molecular flexibility index (Phi) is 6.83. The summed E-state index contributed by atoms with van der Waals surface area (Å²) in [6, 6.07) is 62.6. The van der Waals surface area contributed by atoms with Gasteiger partial charge >= 0.3 is 0 Å². The average molecular weight is 731 g/mol. The maximum atomic E-state index is 6.47. The Hall–Kier alpha value is -7.83. The fourth-order valence-electron chi connectivity index (χ4n) is 8.48. The zero-order valence-corrected chi connectivity index (χ0v) is 30.4. The topological polar surface area (TPSA) is 69.9 Å². The molecule has 6 heteroatoms. The van der Waals surface area contributed by atoms with Gasteiger partial charge in [-0.05, 0) is 65.7 Å². The van der Waals surface area contributed by atoms with Crippen molar-refractivity contribution in [1.82, 2.24) is 19.5 Å². The van der Waals surface area contributed by atoms with Gasteiger partial charge in [0.25, 0.3) is 0 Å². The Bertz CT molecular complexity index is 3530. The van der Waals surface area contributed by atoms with Crippen molar-refractivity contribution in [2.24, 2.45) is 0 Å². The van der Waals surface area contributed by atoms with E-state index < -0.39 is 0 Å². The van der Waals surface area contributed by atoms with Crippen LogP contribution in [0.3, 0.4) is 0 Å². The lowest BCUT2D eigenvalue weighted by Gasteiger charge is -2.13. The highest BCUT2D eigenvalue weighted by Crippen LogP contribution is 2.41. The van der Waals surface area contributed by atoms with E-state index in [0.717, 1.165) is 99.2 Å². The van der Waals surface area contributed by atoms with E-state index in [4.69, 9.17) is 23.8 Å². The molecule has 266 valence electrons. The first-order valence-corrected chi connectivity index (χ1v) is 19.0. The molecule has 12 rings (SSSR count). The van der Waals surface area contributed by atoms with Gasteiger partial charge in [0.2, 0.25) is 0 Å². The van der Waals surface area contributed by atoms with E-state index in [0.29, 0.717) is 17.5 Å². The molecular weight excluding hydrogens is 701 g/mol. The van der Waals surface area contributed by atoms with Crippen LogP contribution in [-0.2, 0) is 0 Å². The lowest BCUT2D eigenvalue weighted by atomic mass is 10.0. The monoisotopic (exact) mass is 730 g/mol. The molecule has 0 amide bonds. The van der Waals surface area contributed by atoms with Crippen molar-refractivity contribution in [3.63, 3.8) is 0 Å². The summed E-state index contributed by atoms with van der Waals surface area (Å²) in [6.07, 6.45) is 0. The molecule has 0 fully saturated rings. The normalized spacial score (nSPS) is 11.9. The molecule has 0 aliphatic heterocycles. The van der Waals surface area contributed by atoms with E-state index in [9.17, 15) is 0 Å². The molecule has 4 aromatic heterocycles. The van der Waals surface area contributed by atoms with Gasteiger partial charge in [-0.1, -0.05) is 127 Å². The summed E-state index contributed by atoms with van der Waals surface area (Å²) < 4.78 is 15.1. The highest BCUT2D eigenvalue weighted by Gasteiger charge is 2.22. The molecule has 6 nitrogen and oxygen atoms in total. The van der Waals surface area contributed by atoms with Gasteiger partial charge in [-0.25, -0.2) is 15.0 Å². The number of rotatable bonds is 5. The molecule has 0 bridgehead atoms. The van der Waals surface area contributed by atoms with Crippen LogP contribution in [0.25, 0.3) is 117 Å². The smallest absolute Gasteiger partial charge is 0.166 e. The lowest BCUT2D eigenvalue weighted by Crippen LogP contribution is -2.02. The highest BCUT2D eigenvalue weighted by atomic mass is 16.3. The molecule has 8 aromatic carbocycles. The first kappa shape index (κ1) is 31.5. The second-order valence-corrected chi connectivity index (χ2v) is 14.4. The predicted molar refractivity (Wildman–Crippen MR) is 230 cm³/mol. The number of benzene rings is 8. The lowest BCUT2D eigenvalue weighted by molar-refractivity contribution is 0.668. The van der Waals surface area contributed by atoms with Gasteiger partial charge in [-0.3, -0.25) is 0 Å². The molecule has 0 atom stereocenters. The molecule has 0 aliphatic rings. The van der Waals surface area contributed by atoms with E-state index in [1.807, 2.05) is 66.7 Å². The van der Waals surface area contributed by atoms with Crippen LogP contribution in [0.1, 0.15) is 0 Å². The van der Waals surface area contributed by atoms with Gasteiger partial charge in [-0.15, -0.1) is 0 Å². The SMILES string of the molecule is c1ccc(-c2ccc3c(c2)oc2ccc(-n4c5ccccc5c5cccc(-c6nc(-c7ccccc7)nc(-c7cccc8oc9ccccc9c78)n6)c54)cc23)cc1. The van der Waals surface area contributed by atoms with E-state index in [-0.39, 0.29) is 0 Å². The summed E-state index contributed by atoms with van der Waals surface area (Å²) in [5, 5.41) is 6.38. The maximum Gasteiger partial charge on any atom is 0.166 e. The molecule has 4 heterocycles. The van der Waals surface area contributed by atoms with E-state index in [1.165, 1.54) is 0 Å². The van der Waals surface area contributed by atoms with Crippen LogP contribution < -0.4 is 0 Å². The molecule has 0 spiro atoms. The number of nitrogens with zero attached hydrogens (tertiary/aromatic N) is 4. The largest absolute Gasteiger partial charge is 0.456 e. The molecule has 12 aromatic rings. The quantitative estimate of drug-likeness (QED) is 0.176. The minimum absolute atomic E-state index is 0.580. The summed E-state index contributed by atoms with van der Waals surface area (Å²) >= 11 is 0. The van der Waals surface area contributed by atoms with Gasteiger partial charge in [0.05, 0.1) is 11.0 Å². The number of fused-ring (bicyclic) bond motifs is 9. The van der Waals surface area contributed by atoms with Crippen molar-refractivity contribution in [2.45, 2.75) is 0 Å². The van der Waals surface area contributed by atoms with Crippen LogP contribution in [0.15, 0.2) is 191 Å². The van der Waals surface area contributed by atoms with Gasteiger partial charge in [-0.2, -0.15) is 0 Å². The number of hydrogen-bond donors (Lipinski definition) is 0. The minimum Gasteiger partial charge on any atom is -0.456 e. The van der Waals surface area contributed by atoms with Crippen LogP contribution in [0.5, 0.6) is 0 Å². The van der Waals surface area contributed by atoms with Crippen LogP contribution in [0.2, 0.25) is 0 Å². The fraction of sp³-hybridized carbons (Fsp3) is 0. The highest BCUT2D eigenvalue weighted by molar-refractivity contribution is 6.15. The maximum absolute atomic E-state index is 6.47.